The maximum absolute atomic E-state index is 6.21. The third kappa shape index (κ3) is 3.22. The van der Waals surface area contributed by atoms with Crippen LogP contribution in [0.5, 0.6) is 0 Å². The zero-order chi connectivity index (χ0) is 13.1. The summed E-state index contributed by atoms with van der Waals surface area (Å²) in [5.74, 6) is 0. The van der Waals surface area contributed by atoms with E-state index in [1.54, 1.807) is 12.1 Å². The van der Waals surface area contributed by atoms with Gasteiger partial charge in [-0.3, -0.25) is 0 Å². The van der Waals surface area contributed by atoms with Crippen LogP contribution in [-0.2, 0) is 0 Å². The van der Waals surface area contributed by atoms with E-state index in [0.29, 0.717) is 15.7 Å². The van der Waals surface area contributed by atoms with E-state index >= 15 is 0 Å². The van der Waals surface area contributed by atoms with Gasteiger partial charge in [0.05, 0.1) is 15.7 Å². The molecule has 1 aromatic rings. The summed E-state index contributed by atoms with van der Waals surface area (Å²) in [4.78, 5) is 4.57. The predicted molar refractivity (Wildman–Crippen MR) is 79.8 cm³/mol. The fourth-order valence-electron chi connectivity index (χ4n) is 2.36. The van der Waals surface area contributed by atoms with Crippen LogP contribution in [0.15, 0.2) is 12.1 Å². The van der Waals surface area contributed by atoms with E-state index in [2.05, 4.69) is 9.80 Å². The molecule has 0 atom stereocenters. The van der Waals surface area contributed by atoms with Crippen molar-refractivity contribution in [2.24, 2.45) is 0 Å². The molecule has 3 nitrogen and oxygen atoms in total. The van der Waals surface area contributed by atoms with Gasteiger partial charge < -0.3 is 15.5 Å². The van der Waals surface area contributed by atoms with Crippen molar-refractivity contribution in [1.82, 2.24) is 4.90 Å². The standard InChI is InChI=1S/C13H19Cl2N3/c1-17(6-7-18-4-2-3-5-18)13-11(14)8-10(16)9-12(13)15/h8-9H,2-7,16H2,1H3. The molecular weight excluding hydrogens is 269 g/mol. The predicted octanol–water partition coefficient (Wildman–Crippen LogP) is 3.11. The summed E-state index contributed by atoms with van der Waals surface area (Å²) < 4.78 is 0. The highest BCUT2D eigenvalue weighted by Gasteiger charge is 2.15. The van der Waals surface area contributed by atoms with Crippen LogP contribution in [0, 0.1) is 0 Å². The van der Waals surface area contributed by atoms with E-state index in [9.17, 15) is 0 Å². The molecule has 1 aromatic carbocycles. The van der Waals surface area contributed by atoms with Crippen molar-refractivity contribution in [3.8, 4) is 0 Å². The fourth-order valence-corrected chi connectivity index (χ4v) is 3.15. The number of nitrogen functional groups attached to an aromatic ring is 1. The lowest BCUT2D eigenvalue weighted by Crippen LogP contribution is -2.31. The highest BCUT2D eigenvalue weighted by Crippen LogP contribution is 2.35. The second-order valence-electron chi connectivity index (χ2n) is 4.80. The van der Waals surface area contributed by atoms with E-state index in [-0.39, 0.29) is 0 Å². The van der Waals surface area contributed by atoms with E-state index in [0.717, 1.165) is 18.8 Å². The Kier molecular flexibility index (Phi) is 4.60. The van der Waals surface area contributed by atoms with Crippen LogP contribution >= 0.6 is 23.2 Å². The number of hydrogen-bond donors (Lipinski definition) is 1. The van der Waals surface area contributed by atoms with Crippen LogP contribution in [-0.4, -0.2) is 38.1 Å². The molecule has 0 unspecified atom stereocenters. The summed E-state index contributed by atoms with van der Waals surface area (Å²) in [6.07, 6.45) is 2.63. The van der Waals surface area contributed by atoms with Gasteiger partial charge >= 0.3 is 0 Å². The number of rotatable bonds is 4. The maximum atomic E-state index is 6.21. The van der Waals surface area contributed by atoms with Gasteiger partial charge in [0.2, 0.25) is 0 Å². The van der Waals surface area contributed by atoms with Crippen LogP contribution in [0.2, 0.25) is 10.0 Å². The molecule has 0 aromatic heterocycles. The zero-order valence-corrected chi connectivity index (χ0v) is 12.1. The number of nitrogens with two attached hydrogens (primary N) is 1. The third-order valence-corrected chi connectivity index (χ3v) is 3.95. The number of nitrogens with zero attached hydrogens (tertiary/aromatic N) is 2. The molecule has 0 saturated carbocycles. The zero-order valence-electron chi connectivity index (χ0n) is 10.6. The minimum atomic E-state index is 0.599. The van der Waals surface area contributed by atoms with Gasteiger partial charge in [0, 0.05) is 25.8 Å². The van der Waals surface area contributed by atoms with E-state index < -0.39 is 0 Å². The van der Waals surface area contributed by atoms with Gasteiger partial charge in [0.1, 0.15) is 0 Å². The first-order valence-corrected chi connectivity index (χ1v) is 7.01. The molecule has 2 N–H and O–H groups in total. The molecule has 1 heterocycles. The number of hydrogen-bond acceptors (Lipinski definition) is 3. The molecule has 1 fully saturated rings. The number of halogens is 2. The molecule has 18 heavy (non-hydrogen) atoms. The molecule has 0 bridgehead atoms. The van der Waals surface area contributed by atoms with Crippen molar-refractivity contribution in [3.05, 3.63) is 22.2 Å². The fraction of sp³-hybridized carbons (Fsp3) is 0.538. The number of likely N-dealkylation sites (N-methyl/N-ethyl adjacent to an activating group) is 1. The Morgan fingerprint density at radius 1 is 1.22 bits per heavy atom. The van der Waals surface area contributed by atoms with Crippen molar-refractivity contribution in [1.29, 1.82) is 0 Å². The van der Waals surface area contributed by atoms with E-state index in [1.807, 2.05) is 7.05 Å². The van der Waals surface area contributed by atoms with Gasteiger partial charge in [-0.15, -0.1) is 0 Å². The first-order chi connectivity index (χ1) is 8.58. The van der Waals surface area contributed by atoms with Crippen LogP contribution < -0.4 is 10.6 Å². The van der Waals surface area contributed by atoms with Crippen molar-refractivity contribution in [2.45, 2.75) is 12.8 Å². The molecule has 0 radical (unpaired) electrons. The molecule has 1 aliphatic heterocycles. The molecule has 0 amide bonds. The van der Waals surface area contributed by atoms with Gasteiger partial charge in [0.25, 0.3) is 0 Å². The Bertz CT molecular complexity index is 394. The molecular formula is C13H19Cl2N3. The molecule has 1 saturated heterocycles. The van der Waals surface area contributed by atoms with Gasteiger partial charge in [-0.1, -0.05) is 23.2 Å². The summed E-state index contributed by atoms with van der Waals surface area (Å²) >= 11 is 12.4. The Labute approximate surface area is 118 Å². The first kappa shape index (κ1) is 13.8. The lowest BCUT2D eigenvalue weighted by atomic mass is 10.2. The molecule has 0 spiro atoms. The molecule has 0 aliphatic carbocycles. The van der Waals surface area contributed by atoms with E-state index in [4.69, 9.17) is 28.9 Å². The Morgan fingerprint density at radius 2 is 1.78 bits per heavy atom. The van der Waals surface area contributed by atoms with E-state index in [1.165, 1.54) is 25.9 Å². The van der Waals surface area contributed by atoms with Crippen molar-refractivity contribution < 1.29 is 0 Å². The number of likely N-dealkylation sites (tertiary alicyclic amines) is 1. The largest absolute Gasteiger partial charge is 0.399 e. The summed E-state index contributed by atoms with van der Waals surface area (Å²) in [6, 6.07) is 3.49. The highest BCUT2D eigenvalue weighted by atomic mass is 35.5. The molecule has 5 heteroatoms. The van der Waals surface area contributed by atoms with Gasteiger partial charge in [0.15, 0.2) is 0 Å². The maximum Gasteiger partial charge on any atom is 0.0744 e. The van der Waals surface area contributed by atoms with Crippen LogP contribution in [0.3, 0.4) is 0 Å². The van der Waals surface area contributed by atoms with Crippen LogP contribution in [0.4, 0.5) is 11.4 Å². The second-order valence-corrected chi connectivity index (χ2v) is 5.62. The smallest absolute Gasteiger partial charge is 0.0744 e. The van der Waals surface area contributed by atoms with Crippen molar-refractivity contribution in [3.63, 3.8) is 0 Å². The Balaban J connectivity index is 2.01. The Morgan fingerprint density at radius 3 is 2.33 bits per heavy atom. The summed E-state index contributed by atoms with van der Waals surface area (Å²) in [6.45, 7) is 4.38. The number of benzene rings is 1. The minimum Gasteiger partial charge on any atom is -0.399 e. The average Bonchev–Trinajstić information content (AvgIpc) is 2.77. The normalized spacial score (nSPS) is 16.2. The third-order valence-electron chi connectivity index (χ3n) is 3.37. The number of anilines is 2. The van der Waals surface area contributed by atoms with Gasteiger partial charge in [-0.05, 0) is 38.1 Å². The van der Waals surface area contributed by atoms with Crippen molar-refractivity contribution in [2.75, 3.05) is 43.9 Å². The first-order valence-electron chi connectivity index (χ1n) is 6.26. The average molecular weight is 288 g/mol. The van der Waals surface area contributed by atoms with Gasteiger partial charge in [-0.2, -0.15) is 0 Å². The minimum absolute atomic E-state index is 0.599. The molecule has 1 aliphatic rings. The lowest BCUT2D eigenvalue weighted by molar-refractivity contribution is 0.346. The molecule has 100 valence electrons. The summed E-state index contributed by atoms with van der Waals surface area (Å²) in [5.41, 5.74) is 7.17. The van der Waals surface area contributed by atoms with Crippen molar-refractivity contribution >= 4 is 34.6 Å². The summed E-state index contributed by atoms with van der Waals surface area (Å²) in [7, 11) is 2.01. The topological polar surface area (TPSA) is 32.5 Å². The second kappa shape index (κ2) is 6.00. The van der Waals surface area contributed by atoms with Crippen LogP contribution in [0.25, 0.3) is 0 Å². The highest BCUT2D eigenvalue weighted by molar-refractivity contribution is 6.39. The lowest BCUT2D eigenvalue weighted by Gasteiger charge is -2.25. The SMILES string of the molecule is CN(CCN1CCCC1)c1c(Cl)cc(N)cc1Cl. The summed E-state index contributed by atoms with van der Waals surface area (Å²) in [5, 5.41) is 1.23. The van der Waals surface area contributed by atoms with Gasteiger partial charge in [-0.25, -0.2) is 0 Å². The quantitative estimate of drug-likeness (QED) is 0.864. The van der Waals surface area contributed by atoms with Crippen LogP contribution in [0.1, 0.15) is 12.8 Å². The molecule has 2 rings (SSSR count). The Hall–Kier alpha value is -0.640. The monoisotopic (exact) mass is 287 g/mol.